The molecule has 1 aromatic carbocycles. The minimum Gasteiger partial charge on any atom is -0.372 e. The van der Waals surface area contributed by atoms with Crippen molar-refractivity contribution in [1.82, 2.24) is 0 Å². The molecular weight excluding hydrogens is 268 g/mol. The Morgan fingerprint density at radius 2 is 1.87 bits per heavy atom. The third-order valence-electron chi connectivity index (χ3n) is 2.38. The summed E-state index contributed by atoms with van der Waals surface area (Å²) in [6.07, 6.45) is 0. The normalized spacial score (nSPS) is 15.1. The van der Waals surface area contributed by atoms with Gasteiger partial charge in [-0.05, 0) is 19.1 Å². The number of rotatable bonds is 3. The van der Waals surface area contributed by atoms with E-state index in [9.17, 15) is 8.78 Å². The molecular formula is C10H12BrF2NO. The lowest BCUT2D eigenvalue weighted by molar-refractivity contribution is 0.00407. The fourth-order valence-electron chi connectivity index (χ4n) is 1.33. The molecule has 1 aromatic rings. The Hall–Kier alpha value is -0.520. The molecule has 0 radical (unpaired) electrons. The molecule has 0 bridgehead atoms. The van der Waals surface area contributed by atoms with Crippen molar-refractivity contribution in [2.24, 2.45) is 5.73 Å². The molecule has 84 valence electrons. The second-order valence-electron chi connectivity index (χ2n) is 3.38. The summed E-state index contributed by atoms with van der Waals surface area (Å²) in [7, 11) is 1.37. The van der Waals surface area contributed by atoms with Gasteiger partial charge in [-0.15, -0.1) is 0 Å². The zero-order chi connectivity index (χ0) is 11.6. The van der Waals surface area contributed by atoms with E-state index in [-0.39, 0.29) is 12.1 Å². The van der Waals surface area contributed by atoms with E-state index in [0.717, 1.165) is 0 Å². The van der Waals surface area contributed by atoms with Crippen molar-refractivity contribution in [3.63, 3.8) is 0 Å². The fraction of sp³-hybridized carbons (Fsp3) is 0.400. The van der Waals surface area contributed by atoms with Crippen LogP contribution in [0.25, 0.3) is 0 Å². The van der Waals surface area contributed by atoms with Crippen molar-refractivity contribution in [2.45, 2.75) is 12.5 Å². The molecule has 0 spiro atoms. The first-order chi connectivity index (χ1) is 6.94. The van der Waals surface area contributed by atoms with Gasteiger partial charge in [-0.1, -0.05) is 15.9 Å². The van der Waals surface area contributed by atoms with Crippen molar-refractivity contribution < 1.29 is 13.5 Å². The first kappa shape index (κ1) is 12.5. The third kappa shape index (κ3) is 2.35. The summed E-state index contributed by atoms with van der Waals surface area (Å²) >= 11 is 3.01. The monoisotopic (exact) mass is 279 g/mol. The van der Waals surface area contributed by atoms with E-state index < -0.39 is 17.2 Å². The van der Waals surface area contributed by atoms with Crippen LogP contribution in [0.15, 0.2) is 16.6 Å². The van der Waals surface area contributed by atoms with Crippen LogP contribution in [-0.2, 0) is 10.3 Å². The van der Waals surface area contributed by atoms with Crippen LogP contribution in [0, 0.1) is 11.6 Å². The molecule has 0 saturated heterocycles. The molecule has 5 heteroatoms. The average molecular weight is 280 g/mol. The van der Waals surface area contributed by atoms with Crippen LogP contribution in [0.1, 0.15) is 12.5 Å². The van der Waals surface area contributed by atoms with Crippen molar-refractivity contribution in [1.29, 1.82) is 0 Å². The maximum Gasteiger partial charge on any atom is 0.133 e. The molecule has 2 nitrogen and oxygen atoms in total. The number of hydrogen-bond donors (Lipinski definition) is 1. The van der Waals surface area contributed by atoms with Crippen molar-refractivity contribution in [3.05, 3.63) is 33.8 Å². The van der Waals surface area contributed by atoms with E-state index >= 15 is 0 Å². The third-order valence-corrected chi connectivity index (χ3v) is 2.83. The minimum atomic E-state index is -1.14. The zero-order valence-electron chi connectivity index (χ0n) is 8.48. The Balaban J connectivity index is 3.36. The lowest BCUT2D eigenvalue weighted by Crippen LogP contribution is -2.35. The Kier molecular flexibility index (Phi) is 3.81. The fourth-order valence-corrected chi connectivity index (χ4v) is 1.74. The lowest BCUT2D eigenvalue weighted by Gasteiger charge is -2.27. The molecule has 0 aliphatic heterocycles. The topological polar surface area (TPSA) is 35.2 Å². The highest BCUT2D eigenvalue weighted by molar-refractivity contribution is 9.10. The van der Waals surface area contributed by atoms with Crippen molar-refractivity contribution in [3.8, 4) is 0 Å². The van der Waals surface area contributed by atoms with E-state index in [1.54, 1.807) is 6.92 Å². The molecule has 15 heavy (non-hydrogen) atoms. The van der Waals surface area contributed by atoms with Gasteiger partial charge in [0.2, 0.25) is 0 Å². The van der Waals surface area contributed by atoms with Gasteiger partial charge in [0.05, 0.1) is 5.56 Å². The Morgan fingerprint density at radius 3 is 2.20 bits per heavy atom. The summed E-state index contributed by atoms with van der Waals surface area (Å²) < 4.78 is 32.5. The van der Waals surface area contributed by atoms with Gasteiger partial charge in [0.25, 0.3) is 0 Å². The molecule has 1 rings (SSSR count). The number of nitrogens with two attached hydrogens (primary N) is 1. The maximum atomic E-state index is 13.6. The molecule has 1 unspecified atom stereocenters. The van der Waals surface area contributed by atoms with Gasteiger partial charge in [0.1, 0.15) is 17.2 Å². The number of ether oxygens (including phenoxy) is 1. The number of hydrogen-bond acceptors (Lipinski definition) is 2. The predicted octanol–water partition coefficient (Wildman–Crippen LogP) is 2.55. The summed E-state index contributed by atoms with van der Waals surface area (Å²) in [5, 5.41) is 0. The molecule has 0 aliphatic carbocycles. The summed E-state index contributed by atoms with van der Waals surface area (Å²) in [6, 6.07) is 2.37. The van der Waals surface area contributed by atoms with Crippen LogP contribution in [-0.4, -0.2) is 13.7 Å². The van der Waals surface area contributed by atoms with Crippen LogP contribution in [0.4, 0.5) is 8.78 Å². The second kappa shape index (κ2) is 4.55. The van der Waals surface area contributed by atoms with E-state index in [1.807, 2.05) is 0 Å². The van der Waals surface area contributed by atoms with E-state index in [4.69, 9.17) is 10.5 Å². The zero-order valence-corrected chi connectivity index (χ0v) is 10.1. The summed E-state index contributed by atoms with van der Waals surface area (Å²) in [5.74, 6) is -1.34. The van der Waals surface area contributed by atoms with Gasteiger partial charge in [0, 0.05) is 18.1 Å². The van der Waals surface area contributed by atoms with Gasteiger partial charge < -0.3 is 10.5 Å². The molecule has 0 aromatic heterocycles. The standard InChI is InChI=1S/C10H12BrF2NO/c1-10(5-14,15-2)9-7(12)3-6(11)4-8(9)13/h3-4H,5,14H2,1-2H3. The molecule has 0 amide bonds. The average Bonchev–Trinajstić information content (AvgIpc) is 2.15. The SMILES string of the molecule is COC(C)(CN)c1c(F)cc(Br)cc1F. The highest BCUT2D eigenvalue weighted by Gasteiger charge is 2.31. The molecule has 0 heterocycles. The van der Waals surface area contributed by atoms with Crippen LogP contribution >= 0.6 is 15.9 Å². The van der Waals surface area contributed by atoms with E-state index in [2.05, 4.69) is 15.9 Å². The first-order valence-corrected chi connectivity index (χ1v) is 5.14. The number of benzene rings is 1. The Labute approximate surface area is 95.5 Å². The molecule has 1 atom stereocenters. The largest absolute Gasteiger partial charge is 0.372 e. The van der Waals surface area contributed by atoms with Crippen LogP contribution in [0.5, 0.6) is 0 Å². The molecule has 0 saturated carbocycles. The van der Waals surface area contributed by atoms with Crippen LogP contribution < -0.4 is 5.73 Å². The Morgan fingerprint density at radius 1 is 1.40 bits per heavy atom. The maximum absolute atomic E-state index is 13.6. The lowest BCUT2D eigenvalue weighted by atomic mass is 9.95. The van der Waals surface area contributed by atoms with Crippen LogP contribution in [0.3, 0.4) is 0 Å². The van der Waals surface area contributed by atoms with Gasteiger partial charge >= 0.3 is 0 Å². The highest BCUT2D eigenvalue weighted by Crippen LogP contribution is 2.30. The molecule has 0 fully saturated rings. The number of halogens is 3. The summed E-state index contributed by atoms with van der Waals surface area (Å²) in [5.41, 5.74) is 4.17. The van der Waals surface area contributed by atoms with Gasteiger partial charge in [-0.25, -0.2) is 8.78 Å². The minimum absolute atomic E-state index is 0.00102. The molecule has 2 N–H and O–H groups in total. The molecule has 0 aliphatic rings. The number of methoxy groups -OCH3 is 1. The van der Waals surface area contributed by atoms with Crippen molar-refractivity contribution in [2.75, 3.05) is 13.7 Å². The quantitative estimate of drug-likeness (QED) is 0.923. The van der Waals surface area contributed by atoms with Gasteiger partial charge in [-0.3, -0.25) is 0 Å². The van der Waals surface area contributed by atoms with Crippen molar-refractivity contribution >= 4 is 15.9 Å². The van der Waals surface area contributed by atoms with E-state index in [1.165, 1.54) is 19.2 Å². The summed E-state index contributed by atoms with van der Waals surface area (Å²) in [6.45, 7) is 1.54. The second-order valence-corrected chi connectivity index (χ2v) is 4.30. The van der Waals surface area contributed by atoms with Gasteiger partial charge in [-0.2, -0.15) is 0 Å². The van der Waals surface area contributed by atoms with Gasteiger partial charge in [0.15, 0.2) is 0 Å². The smallest absolute Gasteiger partial charge is 0.133 e. The highest BCUT2D eigenvalue weighted by atomic mass is 79.9. The first-order valence-electron chi connectivity index (χ1n) is 4.35. The Bertz CT molecular complexity index is 343. The predicted molar refractivity (Wildman–Crippen MR) is 57.5 cm³/mol. The van der Waals surface area contributed by atoms with Crippen LogP contribution in [0.2, 0.25) is 0 Å². The van der Waals surface area contributed by atoms with E-state index in [0.29, 0.717) is 4.47 Å². The summed E-state index contributed by atoms with van der Waals surface area (Å²) in [4.78, 5) is 0.